The van der Waals surface area contributed by atoms with Gasteiger partial charge in [0.2, 0.25) is 9.84 Å². The van der Waals surface area contributed by atoms with Crippen LogP contribution in [0.5, 0.6) is 0 Å². The maximum Gasteiger partial charge on any atom is 0.407 e. The standard InChI is InChI=1S/C17H17N3O4S2/c1-19(17(21)22)11-12-10-14(15-8-9-18-20(15)2)16(25-12)26(23,24)13-6-4-3-5-7-13/h3-10H,11H2,1-2H3,(H,21,22). The van der Waals surface area contributed by atoms with Crippen LogP contribution in [0, 0.1) is 0 Å². The van der Waals surface area contributed by atoms with Gasteiger partial charge in [0.15, 0.2) is 0 Å². The minimum atomic E-state index is -3.74. The summed E-state index contributed by atoms with van der Waals surface area (Å²) in [4.78, 5) is 13.0. The number of thiophene rings is 1. The van der Waals surface area contributed by atoms with Crippen molar-refractivity contribution < 1.29 is 18.3 Å². The molecule has 0 aliphatic heterocycles. The van der Waals surface area contributed by atoms with Crippen molar-refractivity contribution in [3.63, 3.8) is 0 Å². The van der Waals surface area contributed by atoms with Crippen LogP contribution in [0.1, 0.15) is 4.88 Å². The second kappa shape index (κ2) is 6.93. The number of rotatable bonds is 5. The average Bonchev–Trinajstić information content (AvgIpc) is 3.21. The van der Waals surface area contributed by atoms with Gasteiger partial charge >= 0.3 is 6.09 Å². The van der Waals surface area contributed by atoms with E-state index >= 15 is 0 Å². The minimum Gasteiger partial charge on any atom is -0.465 e. The Morgan fingerprint density at radius 1 is 1.27 bits per heavy atom. The fourth-order valence-electron chi connectivity index (χ4n) is 2.53. The van der Waals surface area contributed by atoms with E-state index < -0.39 is 15.9 Å². The van der Waals surface area contributed by atoms with Gasteiger partial charge in [-0.25, -0.2) is 13.2 Å². The quantitative estimate of drug-likeness (QED) is 0.721. The highest BCUT2D eigenvalue weighted by molar-refractivity contribution is 7.93. The first-order valence-electron chi connectivity index (χ1n) is 7.66. The first-order valence-corrected chi connectivity index (χ1v) is 9.96. The van der Waals surface area contributed by atoms with Gasteiger partial charge in [0.1, 0.15) is 4.21 Å². The molecule has 2 aromatic heterocycles. The fourth-order valence-corrected chi connectivity index (χ4v) is 5.70. The molecule has 0 radical (unpaired) electrons. The zero-order valence-corrected chi connectivity index (χ0v) is 15.8. The van der Waals surface area contributed by atoms with Gasteiger partial charge in [0, 0.05) is 30.7 Å². The molecule has 0 fully saturated rings. The lowest BCUT2D eigenvalue weighted by atomic mass is 10.2. The molecule has 0 saturated heterocycles. The highest BCUT2D eigenvalue weighted by Gasteiger charge is 2.27. The second-order valence-corrected chi connectivity index (χ2v) is 8.99. The van der Waals surface area contributed by atoms with E-state index in [0.717, 1.165) is 16.2 Å². The van der Waals surface area contributed by atoms with Crippen molar-refractivity contribution >= 4 is 27.3 Å². The first kappa shape index (κ1) is 18.2. The number of aromatic nitrogens is 2. The molecule has 0 unspecified atom stereocenters. The molecule has 0 atom stereocenters. The minimum absolute atomic E-state index is 0.106. The number of amides is 1. The maximum atomic E-state index is 13.1. The van der Waals surface area contributed by atoms with Gasteiger partial charge in [-0.2, -0.15) is 5.10 Å². The van der Waals surface area contributed by atoms with Crippen LogP contribution < -0.4 is 0 Å². The SMILES string of the molecule is CN(Cc1cc(-c2ccnn2C)c(S(=O)(=O)c2ccccc2)s1)C(=O)O. The zero-order chi connectivity index (χ0) is 18.9. The van der Waals surface area contributed by atoms with Crippen molar-refractivity contribution in [3.8, 4) is 11.3 Å². The highest BCUT2D eigenvalue weighted by Crippen LogP contribution is 2.38. The predicted octanol–water partition coefficient (Wildman–Crippen LogP) is 3.09. The lowest BCUT2D eigenvalue weighted by molar-refractivity contribution is 0.154. The van der Waals surface area contributed by atoms with E-state index in [1.54, 1.807) is 60.4 Å². The summed E-state index contributed by atoms with van der Waals surface area (Å²) in [5, 5.41) is 13.2. The van der Waals surface area contributed by atoms with Crippen molar-refractivity contribution in [3.05, 3.63) is 53.5 Å². The summed E-state index contributed by atoms with van der Waals surface area (Å²) in [7, 11) is -0.563. The van der Waals surface area contributed by atoms with Crippen molar-refractivity contribution in [2.24, 2.45) is 7.05 Å². The summed E-state index contributed by atoms with van der Waals surface area (Å²) in [6.07, 6.45) is 0.516. The molecule has 7 nitrogen and oxygen atoms in total. The number of nitrogens with zero attached hydrogens (tertiary/aromatic N) is 3. The van der Waals surface area contributed by atoms with Gasteiger partial charge in [-0.05, 0) is 24.3 Å². The number of carbonyl (C=O) groups is 1. The van der Waals surface area contributed by atoms with Gasteiger partial charge in [-0.1, -0.05) is 18.2 Å². The smallest absolute Gasteiger partial charge is 0.407 e. The monoisotopic (exact) mass is 391 g/mol. The molecule has 136 valence electrons. The van der Waals surface area contributed by atoms with Crippen molar-refractivity contribution in [2.45, 2.75) is 15.6 Å². The third-order valence-corrected chi connectivity index (χ3v) is 7.29. The third-order valence-electron chi connectivity index (χ3n) is 3.86. The van der Waals surface area contributed by atoms with E-state index in [9.17, 15) is 13.2 Å². The number of benzene rings is 1. The van der Waals surface area contributed by atoms with Crippen LogP contribution in [-0.2, 0) is 23.4 Å². The van der Waals surface area contributed by atoms with Crippen LogP contribution in [0.15, 0.2) is 57.8 Å². The third kappa shape index (κ3) is 3.35. The van der Waals surface area contributed by atoms with Crippen molar-refractivity contribution in [1.82, 2.24) is 14.7 Å². The molecule has 0 aliphatic carbocycles. The molecule has 0 saturated carbocycles. The van der Waals surface area contributed by atoms with E-state index in [4.69, 9.17) is 5.11 Å². The first-order chi connectivity index (χ1) is 12.3. The van der Waals surface area contributed by atoms with Gasteiger partial charge in [-0.15, -0.1) is 11.3 Å². The zero-order valence-electron chi connectivity index (χ0n) is 14.2. The molecule has 9 heteroatoms. The van der Waals surface area contributed by atoms with Crippen LogP contribution in [0.3, 0.4) is 0 Å². The van der Waals surface area contributed by atoms with Crippen molar-refractivity contribution in [1.29, 1.82) is 0 Å². The number of aryl methyl sites for hydroxylation is 1. The Balaban J connectivity index is 2.15. The molecule has 1 N–H and O–H groups in total. The fraction of sp³-hybridized carbons (Fsp3) is 0.176. The molecule has 3 aromatic rings. The largest absolute Gasteiger partial charge is 0.465 e. The lowest BCUT2D eigenvalue weighted by Crippen LogP contribution is -2.23. The Morgan fingerprint density at radius 2 is 1.96 bits per heavy atom. The van der Waals surface area contributed by atoms with E-state index in [-0.39, 0.29) is 15.6 Å². The normalized spacial score (nSPS) is 11.5. The Kier molecular flexibility index (Phi) is 4.84. The molecule has 0 aliphatic rings. The summed E-state index contributed by atoms with van der Waals surface area (Å²) in [5.41, 5.74) is 1.17. The predicted molar refractivity (Wildman–Crippen MR) is 97.9 cm³/mol. The molecule has 2 heterocycles. The van der Waals surface area contributed by atoms with Crippen LogP contribution >= 0.6 is 11.3 Å². The Labute approximate surface area is 155 Å². The van der Waals surface area contributed by atoms with E-state index in [1.807, 2.05) is 0 Å². The lowest BCUT2D eigenvalue weighted by Gasteiger charge is -2.10. The van der Waals surface area contributed by atoms with Crippen LogP contribution in [0.2, 0.25) is 0 Å². The Bertz CT molecular complexity index is 1040. The highest BCUT2D eigenvalue weighted by atomic mass is 32.2. The molecular formula is C17H17N3O4S2. The van der Waals surface area contributed by atoms with E-state index in [0.29, 0.717) is 16.1 Å². The molecule has 1 aromatic carbocycles. The molecule has 3 rings (SSSR count). The Hall–Kier alpha value is -2.65. The molecule has 26 heavy (non-hydrogen) atoms. The molecular weight excluding hydrogens is 374 g/mol. The molecule has 0 spiro atoms. The van der Waals surface area contributed by atoms with Gasteiger partial charge in [0.05, 0.1) is 17.1 Å². The van der Waals surface area contributed by atoms with Crippen LogP contribution in [0.25, 0.3) is 11.3 Å². The number of hydrogen-bond acceptors (Lipinski definition) is 5. The summed E-state index contributed by atoms with van der Waals surface area (Å²) in [5.74, 6) is 0. The molecule has 1 amide bonds. The van der Waals surface area contributed by atoms with Gasteiger partial charge in [-0.3, -0.25) is 4.68 Å². The molecule has 0 bridgehead atoms. The summed E-state index contributed by atoms with van der Waals surface area (Å²) >= 11 is 1.08. The van der Waals surface area contributed by atoms with E-state index in [2.05, 4.69) is 5.10 Å². The summed E-state index contributed by atoms with van der Waals surface area (Å²) < 4.78 is 28.1. The summed E-state index contributed by atoms with van der Waals surface area (Å²) in [6, 6.07) is 11.6. The number of carboxylic acid groups (broad SMARTS) is 1. The van der Waals surface area contributed by atoms with Gasteiger partial charge < -0.3 is 10.0 Å². The van der Waals surface area contributed by atoms with Crippen LogP contribution in [-0.4, -0.2) is 41.3 Å². The topological polar surface area (TPSA) is 92.5 Å². The summed E-state index contributed by atoms with van der Waals surface area (Å²) in [6.45, 7) is 0.106. The maximum absolute atomic E-state index is 13.1. The van der Waals surface area contributed by atoms with Crippen molar-refractivity contribution in [2.75, 3.05) is 7.05 Å². The van der Waals surface area contributed by atoms with Crippen LogP contribution in [0.4, 0.5) is 4.79 Å². The van der Waals surface area contributed by atoms with Gasteiger partial charge in [0.25, 0.3) is 0 Å². The number of hydrogen-bond donors (Lipinski definition) is 1. The second-order valence-electron chi connectivity index (χ2n) is 5.71. The Morgan fingerprint density at radius 3 is 2.54 bits per heavy atom. The number of sulfone groups is 1. The average molecular weight is 391 g/mol. The van der Waals surface area contributed by atoms with E-state index in [1.165, 1.54) is 7.05 Å².